The van der Waals surface area contributed by atoms with E-state index in [2.05, 4.69) is 56.0 Å². The van der Waals surface area contributed by atoms with Crippen molar-refractivity contribution in [3.8, 4) is 0 Å². The fraction of sp³-hybridized carbons (Fsp3) is 0.455. The first-order valence-electron chi connectivity index (χ1n) is 9.58. The molecule has 0 saturated carbocycles. The summed E-state index contributed by atoms with van der Waals surface area (Å²) in [6, 6.07) is 8.19. The van der Waals surface area contributed by atoms with Gasteiger partial charge < -0.3 is 9.64 Å². The van der Waals surface area contributed by atoms with Crippen molar-refractivity contribution in [3.05, 3.63) is 70.0 Å². The molecule has 0 bridgehead atoms. The van der Waals surface area contributed by atoms with Crippen molar-refractivity contribution in [2.24, 2.45) is 0 Å². The van der Waals surface area contributed by atoms with Gasteiger partial charge in [-0.3, -0.25) is 0 Å². The second-order valence-corrected chi connectivity index (χ2v) is 7.16. The molecule has 0 saturated heterocycles. The Morgan fingerprint density at radius 2 is 2.19 bits per heavy atom. The van der Waals surface area contributed by atoms with Crippen LogP contribution < -0.4 is 0 Å². The van der Waals surface area contributed by atoms with Crippen LogP contribution in [0.1, 0.15) is 37.8 Å². The lowest BCUT2D eigenvalue weighted by Crippen LogP contribution is -2.40. The van der Waals surface area contributed by atoms with Gasteiger partial charge in [0, 0.05) is 6.54 Å². The first kappa shape index (κ1) is 19.2. The smallest absolute Gasteiger partial charge is 0.283 e. The summed E-state index contributed by atoms with van der Waals surface area (Å²) in [5.41, 5.74) is 5.07. The normalized spacial score (nSPS) is 22.4. The molecule has 0 radical (unpaired) electrons. The SMILES string of the molecule is C/C=C(/CCN1CC(C)OC2=C1C=C[C@@H]([N+](=O)OC)C2)c1ccccc1C. The topological polar surface area (TPSA) is 41.8 Å². The molecule has 0 N–H and O–H groups in total. The highest BCUT2D eigenvalue weighted by Gasteiger charge is 2.35. The lowest BCUT2D eigenvalue weighted by molar-refractivity contribution is -0.813. The molecule has 0 fully saturated rings. The number of rotatable bonds is 6. The molecule has 2 aliphatic rings. The Morgan fingerprint density at radius 1 is 1.41 bits per heavy atom. The molecular formula is C22H29N2O3+. The molecule has 1 aromatic rings. The molecule has 0 spiro atoms. The average Bonchev–Trinajstić information content (AvgIpc) is 2.68. The molecule has 0 aromatic heterocycles. The van der Waals surface area contributed by atoms with Gasteiger partial charge in [0.25, 0.3) is 6.04 Å². The van der Waals surface area contributed by atoms with Gasteiger partial charge in [0.05, 0.1) is 23.6 Å². The van der Waals surface area contributed by atoms with Crippen molar-refractivity contribution in [2.45, 2.75) is 45.8 Å². The largest absolute Gasteiger partial charge is 0.491 e. The van der Waals surface area contributed by atoms with Gasteiger partial charge in [0.1, 0.15) is 11.9 Å². The summed E-state index contributed by atoms with van der Waals surface area (Å²) in [6.45, 7) is 8.11. The minimum absolute atomic E-state index is 0.103. The van der Waals surface area contributed by atoms with E-state index in [-0.39, 0.29) is 12.1 Å². The highest BCUT2D eigenvalue weighted by molar-refractivity contribution is 5.68. The zero-order chi connectivity index (χ0) is 19.4. The number of hydrogen-bond acceptors (Lipinski definition) is 4. The highest BCUT2D eigenvalue weighted by Crippen LogP contribution is 2.31. The molecule has 2 atom stereocenters. The van der Waals surface area contributed by atoms with Crippen molar-refractivity contribution in [3.63, 3.8) is 0 Å². The molecule has 27 heavy (non-hydrogen) atoms. The lowest BCUT2D eigenvalue weighted by atomic mass is 9.97. The zero-order valence-electron chi connectivity index (χ0n) is 16.6. The van der Waals surface area contributed by atoms with Gasteiger partial charge in [-0.15, -0.1) is 0 Å². The third-order valence-electron chi connectivity index (χ3n) is 5.26. The molecule has 5 heteroatoms. The van der Waals surface area contributed by atoms with E-state index in [0.717, 1.165) is 31.0 Å². The maximum atomic E-state index is 11.8. The minimum Gasteiger partial charge on any atom is -0.491 e. The summed E-state index contributed by atoms with van der Waals surface area (Å²) in [6.07, 6.45) is 7.72. The number of nitrogens with zero attached hydrogens (tertiary/aromatic N) is 2. The molecule has 144 valence electrons. The Hall–Kier alpha value is -2.56. The standard InChI is InChI=1S/C22H29N2O3/c1-5-18(20-9-7-6-8-16(20)2)12-13-23-15-17(3)27-22-14-19(24(25)26-4)10-11-21(22)23/h5-11,17,19H,12-15H2,1-4H3/q+1/b18-5-/t17?,19-/m1/s1. The van der Waals surface area contributed by atoms with Gasteiger partial charge in [-0.05, 0) is 56.0 Å². The molecule has 5 nitrogen and oxygen atoms in total. The summed E-state index contributed by atoms with van der Waals surface area (Å²) in [4.78, 5) is 19.6. The highest BCUT2D eigenvalue weighted by atomic mass is 16.8. The van der Waals surface area contributed by atoms with E-state index in [1.807, 2.05) is 12.2 Å². The van der Waals surface area contributed by atoms with Gasteiger partial charge in [-0.1, -0.05) is 30.3 Å². The summed E-state index contributed by atoms with van der Waals surface area (Å²) >= 11 is 0. The average molecular weight is 369 g/mol. The van der Waals surface area contributed by atoms with E-state index in [1.54, 1.807) is 0 Å². The van der Waals surface area contributed by atoms with E-state index in [9.17, 15) is 4.91 Å². The zero-order valence-corrected chi connectivity index (χ0v) is 16.6. The Kier molecular flexibility index (Phi) is 5.99. The van der Waals surface area contributed by atoms with E-state index in [1.165, 1.54) is 23.8 Å². The van der Waals surface area contributed by atoms with Crippen LogP contribution in [0.15, 0.2) is 53.9 Å². The van der Waals surface area contributed by atoms with Crippen LogP contribution in [0.2, 0.25) is 0 Å². The second-order valence-electron chi connectivity index (χ2n) is 7.16. The Labute approximate surface area is 161 Å². The predicted octanol–water partition coefficient (Wildman–Crippen LogP) is 4.39. The first-order valence-corrected chi connectivity index (χ1v) is 9.58. The van der Waals surface area contributed by atoms with Gasteiger partial charge in [-0.25, -0.2) is 4.84 Å². The van der Waals surface area contributed by atoms with Gasteiger partial charge in [0.2, 0.25) is 4.92 Å². The molecule has 1 aliphatic heterocycles. The molecule has 1 aliphatic carbocycles. The van der Waals surface area contributed by atoms with E-state index >= 15 is 0 Å². The van der Waals surface area contributed by atoms with E-state index < -0.39 is 0 Å². The van der Waals surface area contributed by atoms with Crippen molar-refractivity contribution in [1.82, 2.24) is 4.90 Å². The van der Waals surface area contributed by atoms with Crippen LogP contribution in [-0.2, 0) is 9.57 Å². The number of aryl methyl sites for hydroxylation is 1. The fourth-order valence-electron chi connectivity index (χ4n) is 3.85. The fourth-order valence-corrected chi connectivity index (χ4v) is 3.85. The van der Waals surface area contributed by atoms with Crippen LogP contribution in [0.4, 0.5) is 0 Å². The summed E-state index contributed by atoms with van der Waals surface area (Å²) < 4.78 is 6.03. The number of hydrogen-bond donors (Lipinski definition) is 0. The summed E-state index contributed by atoms with van der Waals surface area (Å²) in [7, 11) is 1.39. The van der Waals surface area contributed by atoms with Crippen LogP contribution in [0.3, 0.4) is 0 Å². The van der Waals surface area contributed by atoms with Gasteiger partial charge in [-0.2, -0.15) is 0 Å². The Bertz CT molecular complexity index is 795. The predicted molar refractivity (Wildman–Crippen MR) is 107 cm³/mol. The Balaban J connectivity index is 1.74. The van der Waals surface area contributed by atoms with Gasteiger partial charge in [0.15, 0.2) is 7.11 Å². The van der Waals surface area contributed by atoms with Crippen LogP contribution in [0.25, 0.3) is 5.57 Å². The van der Waals surface area contributed by atoms with E-state index in [0.29, 0.717) is 11.3 Å². The van der Waals surface area contributed by atoms with Gasteiger partial charge >= 0.3 is 0 Å². The quantitative estimate of drug-likeness (QED) is 0.698. The molecule has 1 heterocycles. The maximum absolute atomic E-state index is 11.8. The minimum atomic E-state index is -0.334. The first-order chi connectivity index (χ1) is 13.0. The molecular weight excluding hydrogens is 340 g/mol. The van der Waals surface area contributed by atoms with Crippen molar-refractivity contribution < 1.29 is 14.5 Å². The molecule has 3 rings (SSSR count). The lowest BCUT2D eigenvalue weighted by Gasteiger charge is -2.37. The Morgan fingerprint density at radius 3 is 2.89 bits per heavy atom. The summed E-state index contributed by atoms with van der Waals surface area (Å²) in [5.74, 6) is 0.886. The van der Waals surface area contributed by atoms with Crippen LogP contribution in [-0.4, -0.2) is 42.2 Å². The third-order valence-corrected chi connectivity index (χ3v) is 5.26. The summed E-state index contributed by atoms with van der Waals surface area (Å²) in [5, 5.41) is 0. The monoisotopic (exact) mass is 369 g/mol. The van der Waals surface area contributed by atoms with Crippen LogP contribution >= 0.6 is 0 Å². The van der Waals surface area contributed by atoms with Crippen LogP contribution in [0.5, 0.6) is 0 Å². The number of benzene rings is 1. The number of allylic oxidation sites excluding steroid dienone is 2. The molecule has 1 unspecified atom stereocenters. The number of ether oxygens (including phenoxy) is 1. The van der Waals surface area contributed by atoms with Crippen molar-refractivity contribution in [1.29, 1.82) is 0 Å². The van der Waals surface area contributed by atoms with Crippen molar-refractivity contribution in [2.75, 3.05) is 20.2 Å². The maximum Gasteiger partial charge on any atom is 0.283 e. The van der Waals surface area contributed by atoms with E-state index in [4.69, 9.17) is 9.57 Å². The molecule has 1 aromatic carbocycles. The second kappa shape index (κ2) is 8.42. The third kappa shape index (κ3) is 4.24. The van der Waals surface area contributed by atoms with Crippen molar-refractivity contribution >= 4 is 5.57 Å². The van der Waals surface area contributed by atoms with Crippen LogP contribution in [0, 0.1) is 11.8 Å². The molecule has 0 amide bonds.